The Morgan fingerprint density at radius 2 is 1.81 bits per heavy atom. The largest absolute Gasteiger partial charge is 0.408 e. The van der Waals surface area contributed by atoms with Crippen molar-refractivity contribution in [3.05, 3.63) is 35.7 Å². The van der Waals surface area contributed by atoms with E-state index < -0.39 is 15.9 Å². The van der Waals surface area contributed by atoms with Crippen LogP contribution in [0.2, 0.25) is 0 Å². The number of carbonyl (C=O) groups is 1. The molecule has 1 N–H and O–H groups in total. The molecule has 1 amide bonds. The molecule has 4 rings (SSSR count). The summed E-state index contributed by atoms with van der Waals surface area (Å²) in [5.41, 5.74) is 0.303. The molecular weight excluding hydrogens is 360 g/mol. The SMILES string of the molecule is O=C(Nc1nnc(C2CC2)o1)c1ccc(S(=O)(=O)N2CCOCC2)cc1. The van der Waals surface area contributed by atoms with Crippen molar-refractivity contribution >= 4 is 21.9 Å². The number of benzene rings is 1. The fraction of sp³-hybridized carbons (Fsp3) is 0.438. The predicted octanol–water partition coefficient (Wildman–Crippen LogP) is 1.22. The van der Waals surface area contributed by atoms with Gasteiger partial charge in [0, 0.05) is 24.6 Å². The number of nitrogens with one attached hydrogen (secondary N) is 1. The average Bonchev–Trinajstić information content (AvgIpc) is 3.42. The molecule has 2 fully saturated rings. The molecular formula is C16H18N4O5S. The van der Waals surface area contributed by atoms with Crippen LogP contribution in [0.4, 0.5) is 6.01 Å². The lowest BCUT2D eigenvalue weighted by molar-refractivity contribution is 0.0730. The molecule has 26 heavy (non-hydrogen) atoms. The van der Waals surface area contributed by atoms with Crippen molar-refractivity contribution in [2.24, 2.45) is 0 Å². The molecule has 1 aliphatic carbocycles. The first-order chi connectivity index (χ1) is 12.5. The number of nitrogens with zero attached hydrogens (tertiary/aromatic N) is 3. The molecule has 1 aromatic heterocycles. The van der Waals surface area contributed by atoms with E-state index in [4.69, 9.17) is 9.15 Å². The molecule has 0 atom stereocenters. The normalized spacial score (nSPS) is 18.6. The van der Waals surface area contributed by atoms with Crippen LogP contribution in [0, 0.1) is 0 Å². The Labute approximate surface area is 150 Å². The van der Waals surface area contributed by atoms with Crippen LogP contribution in [0.25, 0.3) is 0 Å². The van der Waals surface area contributed by atoms with Gasteiger partial charge in [-0.1, -0.05) is 5.10 Å². The molecule has 1 saturated carbocycles. The topological polar surface area (TPSA) is 115 Å². The molecule has 0 spiro atoms. The van der Waals surface area contributed by atoms with Gasteiger partial charge >= 0.3 is 6.01 Å². The first-order valence-corrected chi connectivity index (χ1v) is 9.81. The van der Waals surface area contributed by atoms with Crippen molar-refractivity contribution in [3.63, 3.8) is 0 Å². The number of anilines is 1. The second-order valence-corrected chi connectivity index (χ2v) is 8.15. The Morgan fingerprint density at radius 3 is 2.46 bits per heavy atom. The first-order valence-electron chi connectivity index (χ1n) is 8.37. The minimum absolute atomic E-state index is 0.0434. The summed E-state index contributed by atoms with van der Waals surface area (Å²) in [5, 5.41) is 10.2. The third-order valence-electron chi connectivity index (χ3n) is 4.31. The van der Waals surface area contributed by atoms with Gasteiger partial charge in [0.25, 0.3) is 5.91 Å². The maximum absolute atomic E-state index is 12.6. The monoisotopic (exact) mass is 378 g/mol. The third-order valence-corrected chi connectivity index (χ3v) is 6.22. The number of carbonyl (C=O) groups excluding carboxylic acids is 1. The lowest BCUT2D eigenvalue weighted by Gasteiger charge is -2.26. The first kappa shape index (κ1) is 17.1. The summed E-state index contributed by atoms with van der Waals surface area (Å²) >= 11 is 0. The Hall–Kier alpha value is -2.30. The van der Waals surface area contributed by atoms with Gasteiger partial charge in [0.05, 0.1) is 18.1 Å². The van der Waals surface area contributed by atoms with Crippen LogP contribution < -0.4 is 5.32 Å². The smallest absolute Gasteiger partial charge is 0.322 e. The average molecular weight is 378 g/mol. The quantitative estimate of drug-likeness (QED) is 0.832. The number of ether oxygens (including phenoxy) is 1. The van der Waals surface area contributed by atoms with E-state index in [9.17, 15) is 13.2 Å². The maximum Gasteiger partial charge on any atom is 0.322 e. The third kappa shape index (κ3) is 3.48. The zero-order valence-electron chi connectivity index (χ0n) is 13.9. The molecule has 0 radical (unpaired) electrons. The highest BCUT2D eigenvalue weighted by Gasteiger charge is 2.30. The fourth-order valence-corrected chi connectivity index (χ4v) is 4.07. The molecule has 1 aliphatic heterocycles. The Kier molecular flexibility index (Phi) is 4.47. The van der Waals surface area contributed by atoms with E-state index in [1.54, 1.807) is 0 Å². The summed E-state index contributed by atoms with van der Waals surface area (Å²) in [6.45, 7) is 1.41. The van der Waals surface area contributed by atoms with E-state index in [0.717, 1.165) is 12.8 Å². The molecule has 2 aliphatic rings. The van der Waals surface area contributed by atoms with Crippen LogP contribution in [-0.2, 0) is 14.8 Å². The lowest BCUT2D eigenvalue weighted by atomic mass is 10.2. The van der Waals surface area contributed by atoms with Crippen LogP contribution in [0.3, 0.4) is 0 Å². The van der Waals surface area contributed by atoms with Gasteiger partial charge in [-0.3, -0.25) is 10.1 Å². The van der Waals surface area contributed by atoms with Gasteiger partial charge in [-0.15, -0.1) is 5.10 Å². The van der Waals surface area contributed by atoms with Crippen LogP contribution in [0.1, 0.15) is 35.0 Å². The van der Waals surface area contributed by atoms with Gasteiger partial charge in [-0.25, -0.2) is 8.42 Å². The maximum atomic E-state index is 12.6. The van der Waals surface area contributed by atoms with Crippen LogP contribution in [0.5, 0.6) is 0 Å². The summed E-state index contributed by atoms with van der Waals surface area (Å²) in [6.07, 6.45) is 2.04. The molecule has 10 heteroatoms. The minimum atomic E-state index is -3.58. The van der Waals surface area contributed by atoms with Crippen molar-refractivity contribution in [2.75, 3.05) is 31.6 Å². The molecule has 2 heterocycles. The molecule has 2 aromatic rings. The van der Waals surface area contributed by atoms with E-state index >= 15 is 0 Å². The van der Waals surface area contributed by atoms with E-state index in [2.05, 4.69) is 15.5 Å². The highest BCUT2D eigenvalue weighted by atomic mass is 32.2. The zero-order chi connectivity index (χ0) is 18.1. The number of hydrogen-bond acceptors (Lipinski definition) is 7. The van der Waals surface area contributed by atoms with Gasteiger partial charge in [-0.05, 0) is 37.1 Å². The van der Waals surface area contributed by atoms with Crippen molar-refractivity contribution in [1.29, 1.82) is 0 Å². The van der Waals surface area contributed by atoms with Gasteiger partial charge in [0.15, 0.2) is 0 Å². The van der Waals surface area contributed by atoms with E-state index in [-0.39, 0.29) is 10.9 Å². The highest BCUT2D eigenvalue weighted by Crippen LogP contribution is 2.39. The highest BCUT2D eigenvalue weighted by molar-refractivity contribution is 7.89. The van der Waals surface area contributed by atoms with Crippen molar-refractivity contribution in [2.45, 2.75) is 23.7 Å². The van der Waals surface area contributed by atoms with Gasteiger partial charge in [0.1, 0.15) is 0 Å². The number of amides is 1. The van der Waals surface area contributed by atoms with E-state index in [0.29, 0.717) is 43.7 Å². The molecule has 0 unspecified atom stereocenters. The predicted molar refractivity (Wildman–Crippen MR) is 90.2 cm³/mol. The summed E-state index contributed by atoms with van der Waals surface area (Å²) in [7, 11) is -3.58. The van der Waals surface area contributed by atoms with E-state index in [1.807, 2.05) is 0 Å². The summed E-state index contributed by atoms with van der Waals surface area (Å²) in [5.74, 6) is 0.399. The second kappa shape index (κ2) is 6.78. The van der Waals surface area contributed by atoms with Gasteiger partial charge < -0.3 is 9.15 Å². The van der Waals surface area contributed by atoms with Crippen molar-refractivity contribution in [1.82, 2.24) is 14.5 Å². The lowest BCUT2D eigenvalue weighted by Crippen LogP contribution is -2.40. The summed E-state index contributed by atoms with van der Waals surface area (Å²) < 4.78 is 37.1. The van der Waals surface area contributed by atoms with Crippen LogP contribution >= 0.6 is 0 Å². The van der Waals surface area contributed by atoms with E-state index in [1.165, 1.54) is 28.6 Å². The Balaban J connectivity index is 1.45. The van der Waals surface area contributed by atoms with Gasteiger partial charge in [0.2, 0.25) is 15.9 Å². The molecule has 9 nitrogen and oxygen atoms in total. The standard InChI is InChI=1S/C16H18N4O5S/c21-14(17-16-19-18-15(25-16)12-1-2-12)11-3-5-13(6-4-11)26(22,23)20-7-9-24-10-8-20/h3-6,12H,1-2,7-10H2,(H,17,19,21). The zero-order valence-corrected chi connectivity index (χ0v) is 14.7. The number of morpholine rings is 1. The summed E-state index contributed by atoms with van der Waals surface area (Å²) in [4.78, 5) is 12.4. The van der Waals surface area contributed by atoms with Gasteiger partial charge in [-0.2, -0.15) is 4.31 Å². The molecule has 0 bridgehead atoms. The molecule has 138 valence electrons. The molecule has 1 aromatic carbocycles. The Bertz CT molecular complexity index is 899. The number of aromatic nitrogens is 2. The van der Waals surface area contributed by atoms with Crippen molar-refractivity contribution < 1.29 is 22.4 Å². The Morgan fingerprint density at radius 1 is 1.12 bits per heavy atom. The summed E-state index contributed by atoms with van der Waals surface area (Å²) in [6, 6.07) is 5.80. The number of sulfonamides is 1. The fourth-order valence-electron chi connectivity index (χ4n) is 2.66. The minimum Gasteiger partial charge on any atom is -0.408 e. The van der Waals surface area contributed by atoms with Crippen LogP contribution in [-0.4, -0.2) is 55.1 Å². The van der Waals surface area contributed by atoms with Crippen molar-refractivity contribution in [3.8, 4) is 0 Å². The molecule has 1 saturated heterocycles. The number of hydrogen-bond donors (Lipinski definition) is 1. The number of rotatable bonds is 5. The van der Waals surface area contributed by atoms with Crippen LogP contribution in [0.15, 0.2) is 33.6 Å². The second-order valence-electron chi connectivity index (χ2n) is 6.21.